The smallest absolute Gasteiger partial charge is 0.349 e. The van der Waals surface area contributed by atoms with E-state index in [1.165, 1.54) is 4.31 Å². The van der Waals surface area contributed by atoms with Gasteiger partial charge in [-0.25, -0.2) is 28.0 Å². The van der Waals surface area contributed by atoms with Crippen LogP contribution in [0.3, 0.4) is 0 Å². The summed E-state index contributed by atoms with van der Waals surface area (Å²) in [4.78, 5) is 79.4. The van der Waals surface area contributed by atoms with Crippen LogP contribution < -0.4 is 20.3 Å². The van der Waals surface area contributed by atoms with E-state index in [0.717, 1.165) is 59.4 Å². The second-order valence-corrected chi connectivity index (χ2v) is 21.9. The van der Waals surface area contributed by atoms with Gasteiger partial charge in [0, 0.05) is 54.3 Å². The molecule has 6 aliphatic heterocycles. The zero-order valence-electron chi connectivity index (χ0n) is 37.5. The van der Waals surface area contributed by atoms with E-state index < -0.39 is 52.1 Å². The lowest BCUT2D eigenvalue weighted by molar-refractivity contribution is -0.139. The Morgan fingerprint density at radius 1 is 1.01 bits per heavy atom. The number of carbonyl (C=O) groups is 5. The van der Waals surface area contributed by atoms with Crippen molar-refractivity contribution < 1.29 is 47.3 Å². The van der Waals surface area contributed by atoms with E-state index in [4.69, 9.17) is 31.4 Å². The van der Waals surface area contributed by atoms with Gasteiger partial charge in [0.1, 0.15) is 34.5 Å². The number of aliphatic imine (C=N–C) groups is 3. The Hall–Kier alpha value is -6.48. The molecule has 3 aromatic carbocycles. The molecule has 3 atom stereocenters. The number of carbonyl (C=O) groups excluding carboxylic acids is 3. The van der Waals surface area contributed by atoms with Crippen LogP contribution in [0, 0.1) is 0 Å². The number of fused-ring (bicyclic) bond motifs is 1. The Morgan fingerprint density at radius 3 is 2.54 bits per heavy atom. The number of piperidine rings is 3. The number of likely N-dealkylation sites (tertiary alicyclic amines) is 1. The third-order valence-electron chi connectivity index (χ3n) is 13.6. The molecule has 0 spiro atoms. The summed E-state index contributed by atoms with van der Waals surface area (Å²) in [5.74, 6) is -2.95. The second-order valence-electron chi connectivity index (χ2n) is 18.6. The van der Waals surface area contributed by atoms with Crippen LogP contribution in [0.15, 0.2) is 81.5 Å². The first-order valence-electron chi connectivity index (χ1n) is 22.6. The number of hydrogen-bond acceptors (Lipinski definition) is 14. The van der Waals surface area contributed by atoms with Crippen LogP contribution in [0.4, 0.5) is 11.4 Å². The van der Waals surface area contributed by atoms with Crippen LogP contribution in [0.5, 0.6) is 5.75 Å². The Labute approximate surface area is 405 Å². The molecule has 0 radical (unpaired) electrons. The summed E-state index contributed by atoms with van der Waals surface area (Å²) in [7, 11) is -3.85. The number of anilines is 2. The number of sulfonamides is 1. The van der Waals surface area contributed by atoms with Gasteiger partial charge in [-0.3, -0.25) is 29.6 Å². The lowest BCUT2D eigenvalue weighted by atomic mass is 9.85. The van der Waals surface area contributed by atoms with Crippen molar-refractivity contribution in [2.24, 2.45) is 15.0 Å². The third-order valence-corrected chi connectivity index (χ3v) is 17.3. The number of aliphatic carboxylic acids is 1. The Morgan fingerprint density at radius 2 is 1.80 bits per heavy atom. The van der Waals surface area contributed by atoms with Crippen LogP contribution in [0.1, 0.15) is 83.9 Å². The monoisotopic (exact) mass is 994 g/mol. The molecular weight excluding hydrogens is 948 g/mol. The number of imide groups is 1. The summed E-state index contributed by atoms with van der Waals surface area (Å²) in [5, 5.41) is 26.5. The number of nitrogens with one attached hydrogen (secondary N) is 2. The highest BCUT2D eigenvalue weighted by Crippen LogP contribution is 2.47. The van der Waals surface area contributed by atoms with Gasteiger partial charge in [0.05, 0.1) is 22.5 Å². The number of nitrogens with zero attached hydrogens (tertiary/aromatic N) is 6. The van der Waals surface area contributed by atoms with Crippen molar-refractivity contribution >= 4 is 103 Å². The number of halogens is 1. The molecule has 0 aliphatic carbocycles. The van der Waals surface area contributed by atoms with E-state index in [1.54, 1.807) is 29.3 Å². The van der Waals surface area contributed by atoms with Crippen LogP contribution in [0.25, 0.3) is 21.2 Å². The van der Waals surface area contributed by atoms with E-state index in [-0.39, 0.29) is 70.4 Å². The standard InChI is InChI=1S/C48H47ClN8O10S2/c1-48(2)21-28(51-27-6-3-5-26(19-27)43-41(49)42(67-23-39(59)60)44(68-43)47(63)64)15-18-56(48)69(65,66)24-36-50-22-33-32(52-36)20-37(53-33)55-16-13-25(14-17-55)29-9-10-34-40-30(29)7-4-8-31(40)46(62)57(34)35-11-12-38(58)54-45(35)61/h3-10,19-20,22,25,28,32,35,51H,11-18,21,23-24H2,1-2H3,(H,59,60)(H,63,64)(H,54,58,61). The zero-order valence-corrected chi connectivity index (χ0v) is 39.9. The van der Waals surface area contributed by atoms with E-state index in [0.29, 0.717) is 45.9 Å². The minimum atomic E-state index is -3.85. The highest BCUT2D eigenvalue weighted by molar-refractivity contribution is 7.89. The molecule has 7 heterocycles. The largest absolute Gasteiger partial charge is 0.479 e. The fraction of sp³-hybridized carbons (Fsp3) is 0.375. The summed E-state index contributed by atoms with van der Waals surface area (Å²) < 4.78 is 34.9. The molecule has 0 bridgehead atoms. The normalized spacial score (nSPS) is 22.6. The summed E-state index contributed by atoms with van der Waals surface area (Å²) in [6, 6.07) is 15.6. The maximum atomic E-state index is 14.1. The number of benzene rings is 3. The Kier molecular flexibility index (Phi) is 11.9. The molecule has 6 aliphatic rings. The van der Waals surface area contributed by atoms with Gasteiger partial charge in [0.15, 0.2) is 17.2 Å². The van der Waals surface area contributed by atoms with Crippen molar-refractivity contribution in [3.8, 4) is 16.2 Å². The van der Waals surface area contributed by atoms with Crippen LogP contribution in [0.2, 0.25) is 5.02 Å². The molecule has 21 heteroatoms. The maximum Gasteiger partial charge on any atom is 0.349 e. The summed E-state index contributed by atoms with van der Waals surface area (Å²) in [5.41, 5.74) is 3.60. The molecule has 69 heavy (non-hydrogen) atoms. The lowest BCUT2D eigenvalue weighted by Crippen LogP contribution is -2.56. The topological polar surface area (TPSA) is 240 Å². The van der Waals surface area contributed by atoms with Crippen molar-refractivity contribution in [1.29, 1.82) is 0 Å². The number of rotatable bonds is 13. The SMILES string of the molecule is CC1(C)CC(Nc2cccc(-c3sc(C(=O)O)c(OCC(=O)O)c3Cl)c2)CCN1S(=O)(=O)CC1=NC2C=C(N3CCC(c4ccc5c6c(cccc46)C(=O)N5C4CCC(=O)NC4=O)CC3)N=C2C=N1. The number of hydrogen-bond donors (Lipinski definition) is 4. The predicted molar refractivity (Wildman–Crippen MR) is 262 cm³/mol. The van der Waals surface area contributed by atoms with E-state index >= 15 is 0 Å². The van der Waals surface area contributed by atoms with Gasteiger partial charge in [0.25, 0.3) is 5.91 Å². The lowest BCUT2D eigenvalue weighted by Gasteiger charge is -2.44. The number of carboxylic acids is 2. The van der Waals surface area contributed by atoms with E-state index in [1.807, 2.05) is 50.3 Å². The second kappa shape index (κ2) is 17.8. The molecule has 4 N–H and O–H groups in total. The van der Waals surface area contributed by atoms with Crippen molar-refractivity contribution in [2.45, 2.75) is 82.0 Å². The van der Waals surface area contributed by atoms with Crippen LogP contribution >= 0.6 is 22.9 Å². The fourth-order valence-electron chi connectivity index (χ4n) is 10.5. The van der Waals surface area contributed by atoms with E-state index in [2.05, 4.69) is 26.6 Å². The average molecular weight is 996 g/mol. The highest BCUT2D eigenvalue weighted by atomic mass is 35.5. The first kappa shape index (κ1) is 46.3. The minimum Gasteiger partial charge on any atom is -0.479 e. The quantitative estimate of drug-likeness (QED) is 0.110. The predicted octanol–water partition coefficient (Wildman–Crippen LogP) is 6.16. The average Bonchev–Trinajstić information content (AvgIpc) is 3.97. The molecule has 358 valence electrons. The summed E-state index contributed by atoms with van der Waals surface area (Å²) >= 11 is 7.42. The van der Waals surface area contributed by atoms with E-state index in [9.17, 15) is 37.5 Å². The first-order valence-corrected chi connectivity index (χ1v) is 25.4. The van der Waals surface area contributed by atoms with Crippen LogP contribution in [-0.4, -0.2) is 131 Å². The number of aromatic carboxylic acids is 1. The maximum absolute atomic E-state index is 14.1. The van der Waals surface area contributed by atoms with Gasteiger partial charge in [-0.05, 0) is 98.7 Å². The molecule has 18 nitrogen and oxygen atoms in total. The van der Waals surface area contributed by atoms with Crippen molar-refractivity contribution in [3.63, 3.8) is 0 Å². The molecule has 4 aromatic rings. The molecule has 3 unspecified atom stereocenters. The van der Waals surface area contributed by atoms with Gasteiger partial charge in [-0.1, -0.05) is 41.9 Å². The molecule has 3 fully saturated rings. The van der Waals surface area contributed by atoms with Gasteiger partial charge in [-0.15, -0.1) is 11.3 Å². The van der Waals surface area contributed by atoms with Gasteiger partial charge in [-0.2, -0.15) is 4.31 Å². The Bertz CT molecular complexity index is 3120. The van der Waals surface area contributed by atoms with Gasteiger partial charge in [0.2, 0.25) is 21.8 Å². The molecule has 0 saturated carbocycles. The molecule has 3 amide bonds. The number of amidine groups is 1. The number of carboxylic acid groups (broad SMARTS) is 2. The van der Waals surface area contributed by atoms with Crippen molar-refractivity contribution in [3.05, 3.63) is 87.5 Å². The summed E-state index contributed by atoms with van der Waals surface area (Å²) in [6.07, 6.45) is 6.67. The minimum absolute atomic E-state index is 0.00298. The summed E-state index contributed by atoms with van der Waals surface area (Å²) in [6.45, 7) is 4.73. The number of amides is 3. The number of thiophene rings is 1. The Balaban J connectivity index is 0.763. The van der Waals surface area contributed by atoms with Crippen LogP contribution in [-0.2, 0) is 24.4 Å². The number of ether oxygens (including phenoxy) is 1. The highest BCUT2D eigenvalue weighted by Gasteiger charge is 2.44. The molecule has 10 rings (SSSR count). The van der Waals surface area contributed by atoms with Gasteiger partial charge >= 0.3 is 11.9 Å². The first-order chi connectivity index (χ1) is 33.0. The fourth-order valence-corrected chi connectivity index (χ4v) is 13.8. The molecular formula is C48H47ClN8O10S2. The molecule has 3 saturated heterocycles. The van der Waals surface area contributed by atoms with Crippen molar-refractivity contribution in [2.75, 3.05) is 42.2 Å². The third kappa shape index (κ3) is 8.67. The van der Waals surface area contributed by atoms with Crippen molar-refractivity contribution in [1.82, 2.24) is 14.5 Å². The zero-order chi connectivity index (χ0) is 48.5. The van der Waals surface area contributed by atoms with Gasteiger partial charge < -0.3 is 25.2 Å². The molecule has 1 aromatic heterocycles.